The van der Waals surface area contributed by atoms with Crippen LogP contribution in [0.4, 0.5) is 15.8 Å². The summed E-state index contributed by atoms with van der Waals surface area (Å²) in [6.07, 6.45) is 4.61. The first-order valence-corrected chi connectivity index (χ1v) is 8.01. The Hall–Kier alpha value is -1.69. The van der Waals surface area contributed by atoms with Gasteiger partial charge in [0.2, 0.25) is 0 Å². The van der Waals surface area contributed by atoms with Crippen molar-refractivity contribution in [2.45, 2.75) is 44.7 Å². The van der Waals surface area contributed by atoms with E-state index in [1.807, 2.05) is 4.90 Å². The first-order valence-electron chi connectivity index (χ1n) is 8.01. The maximum absolute atomic E-state index is 14.1. The maximum atomic E-state index is 14.1. The van der Waals surface area contributed by atoms with Crippen molar-refractivity contribution in [3.63, 3.8) is 0 Å². The SMILES string of the molecule is CC1CCCN1C1CCN(c2ccc([N+](=O)[O-])cc2F)CC1. The minimum Gasteiger partial charge on any atom is -0.369 e. The molecule has 0 amide bonds. The van der Waals surface area contributed by atoms with E-state index >= 15 is 0 Å². The topological polar surface area (TPSA) is 49.6 Å². The molecule has 0 N–H and O–H groups in total. The highest BCUT2D eigenvalue weighted by atomic mass is 19.1. The smallest absolute Gasteiger partial charge is 0.272 e. The standard InChI is InChI=1S/C16H22FN3O2/c1-12-3-2-8-19(12)13-6-9-18(10-7-13)16-5-4-14(20(21)22)11-15(16)17/h4-5,11-13H,2-3,6-10H2,1H3. The van der Waals surface area contributed by atoms with Crippen molar-refractivity contribution in [3.05, 3.63) is 34.1 Å². The molecule has 2 aliphatic rings. The van der Waals surface area contributed by atoms with Gasteiger partial charge in [0.1, 0.15) is 0 Å². The second-order valence-electron chi connectivity index (χ2n) is 6.34. The third kappa shape index (κ3) is 2.92. The van der Waals surface area contributed by atoms with E-state index in [0.29, 0.717) is 17.8 Å². The van der Waals surface area contributed by atoms with E-state index < -0.39 is 10.7 Å². The van der Waals surface area contributed by atoms with Crippen molar-refractivity contribution >= 4 is 11.4 Å². The summed E-state index contributed by atoms with van der Waals surface area (Å²) in [5, 5.41) is 10.7. The van der Waals surface area contributed by atoms with Crippen LogP contribution in [0, 0.1) is 15.9 Å². The first kappa shape index (κ1) is 15.2. The molecule has 1 atom stereocenters. The van der Waals surface area contributed by atoms with Crippen molar-refractivity contribution in [1.29, 1.82) is 0 Å². The molecule has 0 aliphatic carbocycles. The van der Waals surface area contributed by atoms with Gasteiger partial charge >= 0.3 is 0 Å². The van der Waals surface area contributed by atoms with Crippen LogP contribution in [0.5, 0.6) is 0 Å². The summed E-state index contributed by atoms with van der Waals surface area (Å²) >= 11 is 0. The Kier molecular flexibility index (Phi) is 4.29. The van der Waals surface area contributed by atoms with Crippen LogP contribution in [0.3, 0.4) is 0 Å². The average molecular weight is 307 g/mol. The van der Waals surface area contributed by atoms with E-state index in [2.05, 4.69) is 11.8 Å². The Morgan fingerprint density at radius 2 is 1.95 bits per heavy atom. The van der Waals surface area contributed by atoms with Gasteiger partial charge in [-0.2, -0.15) is 0 Å². The van der Waals surface area contributed by atoms with Crippen LogP contribution in [0.2, 0.25) is 0 Å². The molecule has 1 aromatic carbocycles. The predicted octanol–water partition coefficient (Wildman–Crippen LogP) is 3.19. The second kappa shape index (κ2) is 6.20. The highest BCUT2D eigenvalue weighted by Gasteiger charge is 2.31. The zero-order valence-corrected chi connectivity index (χ0v) is 12.9. The highest BCUT2D eigenvalue weighted by molar-refractivity contribution is 5.52. The van der Waals surface area contributed by atoms with Gasteiger partial charge in [-0.05, 0) is 45.2 Å². The fourth-order valence-electron chi connectivity index (χ4n) is 3.80. The zero-order valence-electron chi connectivity index (χ0n) is 12.9. The molecule has 2 aliphatic heterocycles. The Morgan fingerprint density at radius 1 is 1.23 bits per heavy atom. The molecular weight excluding hydrogens is 285 g/mol. The molecule has 1 aromatic rings. The molecule has 5 nitrogen and oxygen atoms in total. The predicted molar refractivity (Wildman–Crippen MR) is 83.7 cm³/mol. The van der Waals surface area contributed by atoms with Crippen molar-refractivity contribution in [2.75, 3.05) is 24.5 Å². The molecule has 0 saturated carbocycles. The fourth-order valence-corrected chi connectivity index (χ4v) is 3.80. The monoisotopic (exact) mass is 307 g/mol. The Bertz CT molecular complexity index is 558. The quantitative estimate of drug-likeness (QED) is 0.635. The molecule has 22 heavy (non-hydrogen) atoms. The van der Waals surface area contributed by atoms with Crippen molar-refractivity contribution in [2.24, 2.45) is 0 Å². The normalized spacial score (nSPS) is 23.9. The minimum absolute atomic E-state index is 0.193. The van der Waals surface area contributed by atoms with Crippen molar-refractivity contribution in [3.8, 4) is 0 Å². The van der Waals surface area contributed by atoms with Gasteiger partial charge in [0.05, 0.1) is 16.7 Å². The van der Waals surface area contributed by atoms with Crippen LogP contribution in [-0.4, -0.2) is 41.5 Å². The van der Waals surface area contributed by atoms with Crippen molar-refractivity contribution < 1.29 is 9.31 Å². The summed E-state index contributed by atoms with van der Waals surface area (Å²) < 4.78 is 14.1. The largest absolute Gasteiger partial charge is 0.369 e. The average Bonchev–Trinajstić information content (AvgIpc) is 2.93. The molecule has 2 saturated heterocycles. The number of anilines is 1. The molecule has 6 heteroatoms. The summed E-state index contributed by atoms with van der Waals surface area (Å²) in [4.78, 5) is 14.7. The van der Waals surface area contributed by atoms with Gasteiger partial charge in [0, 0.05) is 31.2 Å². The van der Waals surface area contributed by atoms with Crippen LogP contribution >= 0.6 is 0 Å². The first-order chi connectivity index (χ1) is 10.6. The van der Waals surface area contributed by atoms with E-state index in [9.17, 15) is 14.5 Å². The van der Waals surface area contributed by atoms with Crippen LogP contribution in [0.15, 0.2) is 18.2 Å². The maximum Gasteiger partial charge on any atom is 0.272 e. The number of benzene rings is 1. The van der Waals surface area contributed by atoms with E-state index in [1.165, 1.54) is 31.5 Å². The number of nitrogens with zero attached hydrogens (tertiary/aromatic N) is 3. The fraction of sp³-hybridized carbons (Fsp3) is 0.625. The number of nitro groups is 1. The molecule has 2 fully saturated rings. The van der Waals surface area contributed by atoms with Gasteiger partial charge in [0.15, 0.2) is 5.82 Å². The second-order valence-corrected chi connectivity index (χ2v) is 6.34. The molecule has 0 spiro atoms. The number of hydrogen-bond acceptors (Lipinski definition) is 4. The van der Waals surface area contributed by atoms with Gasteiger partial charge in [-0.3, -0.25) is 15.0 Å². The molecule has 3 rings (SSSR count). The minimum atomic E-state index is -0.562. The lowest BCUT2D eigenvalue weighted by Crippen LogP contribution is -2.46. The molecule has 0 bridgehead atoms. The van der Waals surface area contributed by atoms with Gasteiger partial charge in [-0.15, -0.1) is 0 Å². The lowest BCUT2D eigenvalue weighted by atomic mass is 10.0. The highest BCUT2D eigenvalue weighted by Crippen LogP contribution is 2.30. The van der Waals surface area contributed by atoms with Gasteiger partial charge in [0.25, 0.3) is 5.69 Å². The Balaban J connectivity index is 1.65. The van der Waals surface area contributed by atoms with Gasteiger partial charge in [-0.1, -0.05) is 0 Å². The summed E-state index contributed by atoms with van der Waals surface area (Å²) in [6.45, 7) is 5.08. The van der Waals surface area contributed by atoms with E-state index in [-0.39, 0.29) is 5.69 Å². The van der Waals surface area contributed by atoms with E-state index in [0.717, 1.165) is 32.0 Å². The molecule has 0 radical (unpaired) electrons. The molecular formula is C16H22FN3O2. The van der Waals surface area contributed by atoms with Crippen LogP contribution in [-0.2, 0) is 0 Å². The number of piperidine rings is 1. The van der Waals surface area contributed by atoms with Gasteiger partial charge < -0.3 is 4.90 Å². The van der Waals surface area contributed by atoms with E-state index in [1.54, 1.807) is 0 Å². The third-order valence-corrected chi connectivity index (χ3v) is 5.02. The third-order valence-electron chi connectivity index (χ3n) is 5.02. The van der Waals surface area contributed by atoms with Crippen LogP contribution in [0.1, 0.15) is 32.6 Å². The Labute approximate surface area is 129 Å². The Morgan fingerprint density at radius 3 is 2.50 bits per heavy atom. The molecule has 0 aromatic heterocycles. The van der Waals surface area contributed by atoms with Crippen LogP contribution in [0.25, 0.3) is 0 Å². The van der Waals surface area contributed by atoms with Crippen molar-refractivity contribution in [1.82, 2.24) is 4.90 Å². The van der Waals surface area contributed by atoms with E-state index in [4.69, 9.17) is 0 Å². The van der Waals surface area contributed by atoms with Crippen LogP contribution < -0.4 is 4.90 Å². The lowest BCUT2D eigenvalue weighted by Gasteiger charge is -2.39. The number of nitro benzene ring substituents is 1. The molecule has 1 unspecified atom stereocenters. The van der Waals surface area contributed by atoms with Gasteiger partial charge in [-0.25, -0.2) is 4.39 Å². The number of hydrogen-bond donors (Lipinski definition) is 0. The molecule has 120 valence electrons. The summed E-state index contributed by atoms with van der Waals surface area (Å²) in [7, 11) is 0. The number of non-ortho nitro benzene ring substituents is 1. The lowest BCUT2D eigenvalue weighted by molar-refractivity contribution is -0.385. The molecule has 2 heterocycles. The summed E-state index contributed by atoms with van der Waals surface area (Å²) in [5.41, 5.74) is 0.292. The summed E-state index contributed by atoms with van der Waals surface area (Å²) in [6, 6.07) is 5.19. The number of likely N-dealkylation sites (tertiary alicyclic amines) is 1. The zero-order chi connectivity index (χ0) is 15.7. The summed E-state index contributed by atoms with van der Waals surface area (Å²) in [5.74, 6) is -0.498. The number of rotatable bonds is 3. The number of halogens is 1.